The topological polar surface area (TPSA) is 127 Å². The maximum atomic E-state index is 12.2. The Bertz CT molecular complexity index is 1270. The van der Waals surface area contributed by atoms with Gasteiger partial charge in [-0.15, -0.1) is 0 Å². The van der Waals surface area contributed by atoms with Gasteiger partial charge < -0.3 is 24.8 Å². The summed E-state index contributed by atoms with van der Waals surface area (Å²) >= 11 is 0. The number of carbonyl (C=O) groups excluding carboxylic acids is 3. The molecule has 3 aromatic rings. The van der Waals surface area contributed by atoms with Crippen molar-refractivity contribution in [2.24, 2.45) is 5.10 Å². The van der Waals surface area contributed by atoms with Crippen molar-refractivity contribution in [1.82, 2.24) is 5.43 Å². The van der Waals surface area contributed by atoms with Crippen molar-refractivity contribution in [3.63, 3.8) is 0 Å². The first-order valence-corrected chi connectivity index (χ1v) is 11.4. The molecule has 0 aliphatic carbocycles. The Labute approximate surface area is 214 Å². The summed E-state index contributed by atoms with van der Waals surface area (Å²) in [7, 11) is 1.50. The standard InChI is InChI=1S/C27H28N4O6/c1-4-36-24-14-19(10-13-23(24)37-17-25(32)29-20-11-8-18(2)9-12-20)16-28-31-27(34)26(33)30-21-6-5-7-22(15-21)35-3/h5-16H,4,17H2,1-3H3,(H,29,32)(H,30,33)(H,31,34)/b28-16-. The number of rotatable bonds is 10. The van der Waals surface area contributed by atoms with E-state index in [4.69, 9.17) is 14.2 Å². The Morgan fingerprint density at radius 2 is 1.65 bits per heavy atom. The number of nitrogens with zero attached hydrogens (tertiary/aromatic N) is 1. The highest BCUT2D eigenvalue weighted by Gasteiger charge is 2.13. The molecule has 3 N–H and O–H groups in total. The lowest BCUT2D eigenvalue weighted by Crippen LogP contribution is -2.32. The lowest BCUT2D eigenvalue weighted by Gasteiger charge is -2.12. The van der Waals surface area contributed by atoms with Crippen LogP contribution in [0.3, 0.4) is 0 Å². The van der Waals surface area contributed by atoms with Crippen LogP contribution < -0.4 is 30.3 Å². The van der Waals surface area contributed by atoms with Gasteiger partial charge in [0, 0.05) is 17.4 Å². The Morgan fingerprint density at radius 1 is 0.865 bits per heavy atom. The van der Waals surface area contributed by atoms with Crippen molar-refractivity contribution in [1.29, 1.82) is 0 Å². The number of nitrogens with one attached hydrogen (secondary N) is 3. The first kappa shape index (κ1) is 26.7. The molecule has 10 nitrogen and oxygen atoms in total. The Balaban J connectivity index is 1.55. The Morgan fingerprint density at radius 3 is 2.38 bits per heavy atom. The first-order chi connectivity index (χ1) is 17.9. The maximum absolute atomic E-state index is 12.2. The minimum Gasteiger partial charge on any atom is -0.497 e. The number of hydrogen-bond donors (Lipinski definition) is 3. The zero-order valence-corrected chi connectivity index (χ0v) is 20.7. The van der Waals surface area contributed by atoms with Crippen LogP contribution in [0.5, 0.6) is 17.2 Å². The summed E-state index contributed by atoms with van der Waals surface area (Å²) < 4.78 is 16.3. The van der Waals surface area contributed by atoms with E-state index in [1.807, 2.05) is 38.1 Å². The molecule has 0 saturated heterocycles. The molecule has 10 heteroatoms. The molecule has 3 amide bonds. The quantitative estimate of drug-likeness (QED) is 0.220. The van der Waals surface area contributed by atoms with E-state index >= 15 is 0 Å². The third-order valence-electron chi connectivity index (χ3n) is 4.88. The molecule has 0 unspecified atom stereocenters. The summed E-state index contributed by atoms with van der Waals surface area (Å²) in [6, 6.07) is 19.0. The fourth-order valence-electron chi connectivity index (χ4n) is 3.07. The monoisotopic (exact) mass is 504 g/mol. The smallest absolute Gasteiger partial charge is 0.329 e. The molecule has 0 spiro atoms. The summed E-state index contributed by atoms with van der Waals surface area (Å²) in [6.07, 6.45) is 1.35. The van der Waals surface area contributed by atoms with Crippen molar-refractivity contribution >= 4 is 35.3 Å². The van der Waals surface area contributed by atoms with Crippen molar-refractivity contribution < 1.29 is 28.6 Å². The Kier molecular flexibility index (Phi) is 9.60. The summed E-state index contributed by atoms with van der Waals surface area (Å²) in [6.45, 7) is 3.94. The van der Waals surface area contributed by atoms with Crippen molar-refractivity contribution in [3.8, 4) is 17.2 Å². The molecule has 0 heterocycles. The number of ether oxygens (including phenoxy) is 3. The van der Waals surface area contributed by atoms with Gasteiger partial charge in [-0.3, -0.25) is 14.4 Å². The normalized spacial score (nSPS) is 10.5. The van der Waals surface area contributed by atoms with E-state index in [1.54, 1.807) is 42.5 Å². The van der Waals surface area contributed by atoms with Gasteiger partial charge >= 0.3 is 11.8 Å². The van der Waals surface area contributed by atoms with Crippen LogP contribution in [0.15, 0.2) is 71.8 Å². The lowest BCUT2D eigenvalue weighted by atomic mass is 10.2. The van der Waals surface area contributed by atoms with E-state index < -0.39 is 11.8 Å². The van der Waals surface area contributed by atoms with Gasteiger partial charge in [0.05, 0.1) is 19.9 Å². The lowest BCUT2D eigenvalue weighted by molar-refractivity contribution is -0.136. The molecule has 0 aliphatic heterocycles. The summed E-state index contributed by atoms with van der Waals surface area (Å²) in [5.41, 5.74) is 4.93. The predicted molar refractivity (Wildman–Crippen MR) is 140 cm³/mol. The molecule has 3 aromatic carbocycles. The Hall–Kier alpha value is -4.86. The zero-order chi connectivity index (χ0) is 26.6. The highest BCUT2D eigenvalue weighted by atomic mass is 16.5. The molecule has 0 radical (unpaired) electrons. The van der Waals surface area contributed by atoms with Crippen LogP contribution in [0.1, 0.15) is 18.1 Å². The molecule has 0 aromatic heterocycles. The SMILES string of the molecule is CCOc1cc(/C=N\NC(=O)C(=O)Nc2cccc(OC)c2)ccc1OCC(=O)Nc1ccc(C)cc1. The molecular formula is C27H28N4O6. The van der Waals surface area contributed by atoms with Gasteiger partial charge in [0.1, 0.15) is 5.75 Å². The fraction of sp³-hybridized carbons (Fsp3) is 0.185. The molecule has 192 valence electrons. The van der Waals surface area contributed by atoms with Gasteiger partial charge in [0.25, 0.3) is 5.91 Å². The average molecular weight is 505 g/mol. The second kappa shape index (κ2) is 13.3. The summed E-state index contributed by atoms with van der Waals surface area (Å²) in [5.74, 6) is -0.819. The number of hydrogen-bond acceptors (Lipinski definition) is 7. The van der Waals surface area contributed by atoms with Gasteiger partial charge in [-0.2, -0.15) is 5.10 Å². The van der Waals surface area contributed by atoms with E-state index in [0.717, 1.165) is 5.56 Å². The average Bonchev–Trinajstić information content (AvgIpc) is 2.89. The molecule has 0 aliphatic rings. The molecule has 3 rings (SSSR count). The highest BCUT2D eigenvalue weighted by molar-refractivity contribution is 6.39. The van der Waals surface area contributed by atoms with E-state index in [0.29, 0.717) is 40.8 Å². The molecule has 0 bridgehead atoms. The van der Waals surface area contributed by atoms with Crippen molar-refractivity contribution in [2.45, 2.75) is 13.8 Å². The van der Waals surface area contributed by atoms with Crippen molar-refractivity contribution in [3.05, 3.63) is 77.9 Å². The van der Waals surface area contributed by atoms with E-state index in [2.05, 4.69) is 21.2 Å². The van der Waals surface area contributed by atoms with Crippen molar-refractivity contribution in [2.75, 3.05) is 31.0 Å². The zero-order valence-electron chi connectivity index (χ0n) is 20.7. The van der Waals surface area contributed by atoms with Gasteiger partial charge in [0.2, 0.25) is 0 Å². The number of hydrazone groups is 1. The van der Waals surface area contributed by atoms with Gasteiger partial charge in [-0.25, -0.2) is 5.43 Å². The minimum absolute atomic E-state index is 0.208. The van der Waals surface area contributed by atoms with E-state index in [1.165, 1.54) is 13.3 Å². The number of aryl methyl sites for hydroxylation is 1. The molecular weight excluding hydrogens is 476 g/mol. The van der Waals surface area contributed by atoms with Gasteiger partial charge in [0.15, 0.2) is 18.1 Å². The number of benzene rings is 3. The van der Waals surface area contributed by atoms with Crippen LogP contribution in [0.25, 0.3) is 0 Å². The summed E-state index contributed by atoms with van der Waals surface area (Å²) in [5, 5.41) is 9.06. The van der Waals surface area contributed by atoms with E-state index in [-0.39, 0.29) is 12.5 Å². The van der Waals surface area contributed by atoms with Crippen LogP contribution in [-0.4, -0.2) is 44.3 Å². The van der Waals surface area contributed by atoms with Crippen LogP contribution in [0.2, 0.25) is 0 Å². The second-order valence-electron chi connectivity index (χ2n) is 7.73. The predicted octanol–water partition coefficient (Wildman–Crippen LogP) is 3.51. The number of carbonyl (C=O) groups is 3. The largest absolute Gasteiger partial charge is 0.497 e. The molecule has 37 heavy (non-hydrogen) atoms. The first-order valence-electron chi connectivity index (χ1n) is 11.4. The number of methoxy groups -OCH3 is 1. The second-order valence-corrected chi connectivity index (χ2v) is 7.73. The third kappa shape index (κ3) is 8.39. The number of amides is 3. The molecule has 0 fully saturated rings. The van der Waals surface area contributed by atoms with Gasteiger partial charge in [-0.1, -0.05) is 23.8 Å². The van der Waals surface area contributed by atoms with E-state index in [9.17, 15) is 14.4 Å². The maximum Gasteiger partial charge on any atom is 0.329 e. The van der Waals surface area contributed by atoms with Crippen LogP contribution >= 0.6 is 0 Å². The molecule has 0 saturated carbocycles. The minimum atomic E-state index is -0.941. The van der Waals surface area contributed by atoms with Crippen LogP contribution in [-0.2, 0) is 14.4 Å². The number of anilines is 2. The van der Waals surface area contributed by atoms with Crippen LogP contribution in [0.4, 0.5) is 11.4 Å². The fourth-order valence-corrected chi connectivity index (χ4v) is 3.07. The van der Waals surface area contributed by atoms with Crippen LogP contribution in [0, 0.1) is 6.92 Å². The summed E-state index contributed by atoms with van der Waals surface area (Å²) in [4.78, 5) is 36.4. The molecule has 0 atom stereocenters. The van der Waals surface area contributed by atoms with Gasteiger partial charge in [-0.05, 0) is 61.9 Å². The third-order valence-corrected chi connectivity index (χ3v) is 4.88. The highest BCUT2D eigenvalue weighted by Crippen LogP contribution is 2.28.